The maximum atomic E-state index is 13.7. The summed E-state index contributed by atoms with van der Waals surface area (Å²) in [6.07, 6.45) is -3.00. The second-order valence-corrected chi connectivity index (χ2v) is 9.00. The van der Waals surface area contributed by atoms with E-state index >= 15 is 0 Å². The number of morpholine rings is 1. The third-order valence-electron chi connectivity index (χ3n) is 6.66. The van der Waals surface area contributed by atoms with Gasteiger partial charge in [0.2, 0.25) is 0 Å². The van der Waals surface area contributed by atoms with Gasteiger partial charge in [-0.2, -0.15) is 18.3 Å². The van der Waals surface area contributed by atoms with Crippen molar-refractivity contribution in [3.05, 3.63) is 76.2 Å². The molecular weight excluding hydrogens is 501 g/mol. The van der Waals surface area contributed by atoms with Gasteiger partial charge >= 0.3 is 6.18 Å². The third kappa shape index (κ3) is 3.93. The Kier molecular flexibility index (Phi) is 5.56. The van der Waals surface area contributed by atoms with E-state index in [1.807, 2.05) is 0 Å². The molecule has 1 aliphatic heterocycles. The van der Waals surface area contributed by atoms with Gasteiger partial charge in [-0.1, -0.05) is 12.1 Å². The molecule has 0 spiro atoms. The van der Waals surface area contributed by atoms with Crippen molar-refractivity contribution < 1.29 is 22.7 Å². The molecule has 38 heavy (non-hydrogen) atoms. The minimum Gasteiger partial charge on any atom is -0.378 e. The molecule has 0 saturated carbocycles. The predicted molar refractivity (Wildman–Crippen MR) is 133 cm³/mol. The Morgan fingerprint density at radius 3 is 2.53 bits per heavy atom. The Morgan fingerprint density at radius 1 is 1.08 bits per heavy atom. The summed E-state index contributed by atoms with van der Waals surface area (Å²) in [7, 11) is 1.66. The third-order valence-corrected chi connectivity index (χ3v) is 6.66. The summed E-state index contributed by atoms with van der Waals surface area (Å²) in [5.74, 6) is -0.128. The normalized spacial score (nSPS) is 14.5. The average molecular weight is 522 g/mol. The van der Waals surface area contributed by atoms with E-state index in [2.05, 4.69) is 15.2 Å². The molecule has 194 valence electrons. The summed E-state index contributed by atoms with van der Waals surface area (Å²) in [5, 5.41) is 7.98. The van der Waals surface area contributed by atoms with Gasteiger partial charge < -0.3 is 9.64 Å². The van der Waals surface area contributed by atoms with Crippen LogP contribution in [0.4, 0.5) is 13.2 Å². The number of H-pyrrole nitrogens is 1. The number of carbonyl (C=O) groups excluding carboxylic acids is 1. The van der Waals surface area contributed by atoms with Crippen LogP contribution in [0.25, 0.3) is 38.9 Å². The first-order valence-corrected chi connectivity index (χ1v) is 11.8. The van der Waals surface area contributed by atoms with Gasteiger partial charge in [0, 0.05) is 31.3 Å². The lowest BCUT2D eigenvalue weighted by Gasteiger charge is -2.26. The van der Waals surface area contributed by atoms with Crippen molar-refractivity contribution in [2.75, 3.05) is 26.3 Å². The van der Waals surface area contributed by atoms with Crippen molar-refractivity contribution in [1.29, 1.82) is 0 Å². The molecule has 6 rings (SSSR count). The van der Waals surface area contributed by atoms with Crippen LogP contribution >= 0.6 is 0 Å². The number of halogens is 3. The van der Waals surface area contributed by atoms with Gasteiger partial charge in [0.1, 0.15) is 0 Å². The van der Waals surface area contributed by atoms with E-state index < -0.39 is 17.3 Å². The molecule has 1 saturated heterocycles. The van der Waals surface area contributed by atoms with Crippen LogP contribution < -0.4 is 5.56 Å². The number of aryl methyl sites for hydroxylation is 1. The van der Waals surface area contributed by atoms with Gasteiger partial charge in [0.05, 0.1) is 52.6 Å². The van der Waals surface area contributed by atoms with Crippen LogP contribution in [0.2, 0.25) is 0 Å². The number of rotatable bonds is 3. The molecule has 1 fully saturated rings. The second-order valence-electron chi connectivity index (χ2n) is 9.00. The highest BCUT2D eigenvalue weighted by molar-refractivity contribution is 6.07. The topological polar surface area (TPSA) is 98.0 Å². The van der Waals surface area contributed by atoms with Gasteiger partial charge in [0.15, 0.2) is 5.65 Å². The molecule has 1 amide bonds. The number of aromatic amines is 1. The monoisotopic (exact) mass is 522 g/mol. The van der Waals surface area contributed by atoms with Gasteiger partial charge in [-0.05, 0) is 36.4 Å². The van der Waals surface area contributed by atoms with E-state index in [0.717, 1.165) is 12.1 Å². The molecule has 2 aromatic carbocycles. The van der Waals surface area contributed by atoms with Crippen LogP contribution in [0.3, 0.4) is 0 Å². The van der Waals surface area contributed by atoms with E-state index in [-0.39, 0.29) is 22.6 Å². The smallest absolute Gasteiger partial charge is 0.378 e. The summed E-state index contributed by atoms with van der Waals surface area (Å²) >= 11 is 0. The molecule has 4 heterocycles. The molecule has 3 aromatic heterocycles. The first-order valence-electron chi connectivity index (χ1n) is 11.8. The number of pyridine rings is 1. The van der Waals surface area contributed by atoms with Crippen molar-refractivity contribution in [1.82, 2.24) is 29.4 Å². The molecule has 9 nitrogen and oxygen atoms in total. The zero-order valence-electron chi connectivity index (χ0n) is 20.1. The van der Waals surface area contributed by atoms with Crippen molar-refractivity contribution in [3.63, 3.8) is 0 Å². The van der Waals surface area contributed by atoms with Crippen LogP contribution in [0, 0.1) is 0 Å². The van der Waals surface area contributed by atoms with Crippen LogP contribution in [0.1, 0.15) is 15.9 Å². The predicted octanol–water partition coefficient (Wildman–Crippen LogP) is 3.76. The Labute approximate surface area is 213 Å². The van der Waals surface area contributed by atoms with Crippen LogP contribution in [-0.2, 0) is 18.0 Å². The summed E-state index contributed by atoms with van der Waals surface area (Å²) in [5.41, 5.74) is 0.671. The van der Waals surface area contributed by atoms with Crippen molar-refractivity contribution in [2.24, 2.45) is 7.05 Å². The quantitative estimate of drug-likeness (QED) is 0.389. The average Bonchev–Trinajstić information content (AvgIpc) is 3.48. The Morgan fingerprint density at radius 2 is 1.82 bits per heavy atom. The van der Waals surface area contributed by atoms with Gasteiger partial charge in [-0.25, -0.2) is 9.67 Å². The number of carbonyl (C=O) groups is 1. The van der Waals surface area contributed by atoms with Crippen molar-refractivity contribution in [3.8, 4) is 16.9 Å². The minimum absolute atomic E-state index is 0.112. The highest BCUT2D eigenvalue weighted by atomic mass is 19.4. The van der Waals surface area contributed by atoms with E-state index in [9.17, 15) is 22.8 Å². The number of fused-ring (bicyclic) bond motifs is 3. The lowest BCUT2D eigenvalue weighted by molar-refractivity contribution is -0.137. The summed E-state index contributed by atoms with van der Waals surface area (Å²) in [6.45, 7) is 1.99. The molecule has 0 radical (unpaired) electrons. The Bertz CT molecular complexity index is 1740. The number of amides is 1. The Hall–Kier alpha value is -4.45. The zero-order chi connectivity index (χ0) is 26.6. The second kappa shape index (κ2) is 8.84. The van der Waals surface area contributed by atoms with Gasteiger partial charge in [0.25, 0.3) is 11.5 Å². The lowest BCUT2D eigenvalue weighted by Crippen LogP contribution is -2.40. The van der Waals surface area contributed by atoms with Crippen LogP contribution in [-0.4, -0.2) is 61.7 Å². The summed E-state index contributed by atoms with van der Waals surface area (Å²) < 4.78 is 48.4. The molecule has 0 aliphatic carbocycles. The maximum absolute atomic E-state index is 13.7. The number of nitrogens with zero attached hydrogens (tertiary/aromatic N) is 5. The Balaban J connectivity index is 1.49. The fraction of sp³-hybridized carbons (Fsp3) is 0.231. The number of nitrogens with one attached hydrogen (secondary N) is 1. The van der Waals surface area contributed by atoms with Crippen molar-refractivity contribution >= 4 is 27.8 Å². The van der Waals surface area contributed by atoms with Crippen molar-refractivity contribution in [2.45, 2.75) is 6.18 Å². The van der Waals surface area contributed by atoms with E-state index in [1.165, 1.54) is 21.5 Å². The lowest BCUT2D eigenvalue weighted by atomic mass is 10.0. The van der Waals surface area contributed by atoms with Gasteiger partial charge in [-0.3, -0.25) is 19.4 Å². The molecule has 0 unspecified atom stereocenters. The number of alkyl halides is 3. The number of ether oxygens (including phenoxy) is 1. The van der Waals surface area contributed by atoms with Gasteiger partial charge in [-0.15, -0.1) is 0 Å². The number of hydrogen-bond donors (Lipinski definition) is 1. The summed E-state index contributed by atoms with van der Waals surface area (Å²) in [6, 6.07) is 11.3. The maximum Gasteiger partial charge on any atom is 0.416 e. The first-order chi connectivity index (χ1) is 18.2. The highest BCUT2D eigenvalue weighted by Gasteiger charge is 2.31. The molecule has 0 bridgehead atoms. The number of benzene rings is 2. The zero-order valence-corrected chi connectivity index (χ0v) is 20.1. The molecular formula is C26H21F3N6O3. The highest BCUT2D eigenvalue weighted by Crippen LogP contribution is 2.34. The molecule has 0 atom stereocenters. The molecule has 12 heteroatoms. The first kappa shape index (κ1) is 23.9. The molecule has 1 N–H and O–H groups in total. The van der Waals surface area contributed by atoms with E-state index in [0.29, 0.717) is 54.1 Å². The standard InChI is InChI=1S/C26H21F3N6O3/c1-33-23-19(14-30-33)22-20(21(31-23)16-3-2-4-17(13-16)26(27,28)29)25(37)35(32-22)18-7-5-15(6-8-18)24(36)34-9-11-38-12-10-34/h2-8,13-14,32H,9-12H2,1H3. The van der Waals surface area contributed by atoms with Crippen LogP contribution in [0.15, 0.2) is 59.5 Å². The number of aromatic nitrogens is 5. The molecule has 5 aromatic rings. The minimum atomic E-state index is -4.55. The van der Waals surface area contributed by atoms with E-state index in [4.69, 9.17) is 4.74 Å². The fourth-order valence-electron chi connectivity index (χ4n) is 4.69. The summed E-state index contributed by atoms with van der Waals surface area (Å²) in [4.78, 5) is 32.7. The largest absolute Gasteiger partial charge is 0.416 e. The SMILES string of the molecule is Cn1ncc2c3[nH]n(-c4ccc(C(=O)N5CCOCC5)cc4)c(=O)c3c(-c3cccc(C(F)(F)F)c3)nc21. The van der Waals surface area contributed by atoms with Crippen LogP contribution in [0.5, 0.6) is 0 Å². The number of hydrogen-bond acceptors (Lipinski definition) is 5. The molecule has 1 aliphatic rings. The fourth-order valence-corrected chi connectivity index (χ4v) is 4.69. The van der Waals surface area contributed by atoms with E-state index in [1.54, 1.807) is 42.4 Å².